The Morgan fingerprint density at radius 1 is 1.08 bits per heavy atom. The molecule has 2 aliphatic heterocycles. The van der Waals surface area contributed by atoms with Crippen molar-refractivity contribution in [3.05, 3.63) is 59.2 Å². The number of carbonyl (C=O) groups excluding carboxylic acids is 1. The van der Waals surface area contributed by atoms with Crippen molar-refractivity contribution in [3.63, 3.8) is 0 Å². The third kappa shape index (κ3) is 2.59. The Kier molecular flexibility index (Phi) is 4.63. The summed E-state index contributed by atoms with van der Waals surface area (Å²) in [5.41, 5.74) is 1.55. The van der Waals surface area contributed by atoms with Gasteiger partial charge in [-0.3, -0.25) is 4.90 Å². The third-order valence-electron chi connectivity index (χ3n) is 11.5. The topological polar surface area (TPSA) is 57.2 Å². The average Bonchev–Trinajstić information content (AvgIpc) is 3.67. The van der Waals surface area contributed by atoms with E-state index in [4.69, 9.17) is 18.9 Å². The van der Waals surface area contributed by atoms with Crippen LogP contribution in [0.4, 0.5) is 0 Å². The fourth-order valence-electron chi connectivity index (χ4n) is 9.88. The second-order valence-corrected chi connectivity index (χ2v) is 12.9. The molecule has 4 bridgehead atoms. The molecular formula is C32H37NO5. The van der Waals surface area contributed by atoms with Crippen molar-refractivity contribution in [1.82, 2.24) is 4.90 Å². The van der Waals surface area contributed by atoms with Gasteiger partial charge < -0.3 is 18.9 Å². The predicted molar refractivity (Wildman–Crippen MR) is 142 cm³/mol. The minimum Gasteiger partial charge on any atom is -0.493 e. The number of ether oxygens (including phenoxy) is 4. The molecule has 0 unspecified atom stereocenters. The number of benzene rings is 2. The van der Waals surface area contributed by atoms with Crippen molar-refractivity contribution < 1.29 is 23.7 Å². The maximum atomic E-state index is 13.6. The Morgan fingerprint density at radius 3 is 2.63 bits per heavy atom. The van der Waals surface area contributed by atoms with E-state index < -0.39 is 11.2 Å². The maximum Gasteiger partial charge on any atom is 0.338 e. The fourth-order valence-corrected chi connectivity index (χ4v) is 9.88. The summed E-state index contributed by atoms with van der Waals surface area (Å²) in [6.07, 6.45) is 7.19. The molecular weight excluding hydrogens is 478 g/mol. The van der Waals surface area contributed by atoms with E-state index in [1.165, 1.54) is 30.5 Å². The summed E-state index contributed by atoms with van der Waals surface area (Å²) in [7, 11) is 3.52. The highest BCUT2D eigenvalue weighted by atomic mass is 16.6. The van der Waals surface area contributed by atoms with Crippen molar-refractivity contribution >= 4 is 5.97 Å². The largest absolute Gasteiger partial charge is 0.493 e. The van der Waals surface area contributed by atoms with Gasteiger partial charge in [0.15, 0.2) is 11.5 Å². The van der Waals surface area contributed by atoms with Crippen molar-refractivity contribution in [1.29, 1.82) is 0 Å². The minimum absolute atomic E-state index is 0.0541. The molecule has 38 heavy (non-hydrogen) atoms. The molecule has 6 atom stereocenters. The zero-order valence-corrected chi connectivity index (χ0v) is 22.6. The Balaban J connectivity index is 1.32. The van der Waals surface area contributed by atoms with Crippen LogP contribution in [-0.4, -0.2) is 61.5 Å². The summed E-state index contributed by atoms with van der Waals surface area (Å²) >= 11 is 0. The van der Waals surface area contributed by atoms with Crippen LogP contribution in [0.3, 0.4) is 0 Å². The number of methoxy groups -OCH3 is 2. The molecule has 6 nitrogen and oxygen atoms in total. The summed E-state index contributed by atoms with van der Waals surface area (Å²) in [4.78, 5) is 16.4. The Bertz CT molecular complexity index is 1320. The van der Waals surface area contributed by atoms with Gasteiger partial charge in [-0.15, -0.1) is 0 Å². The summed E-state index contributed by atoms with van der Waals surface area (Å²) in [5.74, 6) is 2.24. The standard InChI is InChI=1S/C32H37NO5/c1-29(38-27(34)21-7-5-4-6-8-21)19-30-13-14-32(29,36-3)28-31(30)15-16-33(18-20-9-10-20)24(30)17-22-11-12-23(35-2)26(37-28)25(22)31/h4-8,11-12,20,24,28H,9-10,13-19H2,1-3H3/t24-,28-,29+,30-,31+,32+/m1/s1. The van der Waals surface area contributed by atoms with Gasteiger partial charge in [0.1, 0.15) is 17.3 Å². The van der Waals surface area contributed by atoms with Crippen molar-refractivity contribution in [2.45, 2.75) is 80.6 Å². The highest BCUT2D eigenvalue weighted by Crippen LogP contribution is 2.77. The normalized spacial score (nSPS) is 39.9. The number of esters is 1. The van der Waals surface area contributed by atoms with Gasteiger partial charge in [-0.2, -0.15) is 0 Å². The van der Waals surface area contributed by atoms with Crippen LogP contribution in [0.15, 0.2) is 42.5 Å². The lowest BCUT2D eigenvalue weighted by molar-refractivity contribution is -0.322. The molecule has 5 fully saturated rings. The molecule has 2 spiro atoms. The second-order valence-electron chi connectivity index (χ2n) is 12.9. The van der Waals surface area contributed by atoms with E-state index in [1.807, 2.05) is 30.3 Å². The summed E-state index contributed by atoms with van der Waals surface area (Å²) in [5, 5.41) is 0. The first-order chi connectivity index (χ1) is 18.4. The number of nitrogens with zero attached hydrogens (tertiary/aromatic N) is 1. The Labute approximate surface area is 224 Å². The summed E-state index contributed by atoms with van der Waals surface area (Å²) in [6.45, 7) is 4.38. The minimum atomic E-state index is -0.825. The van der Waals surface area contributed by atoms with Gasteiger partial charge in [0, 0.05) is 36.1 Å². The van der Waals surface area contributed by atoms with Crippen LogP contribution in [0.5, 0.6) is 11.5 Å². The number of carbonyl (C=O) groups is 1. The van der Waals surface area contributed by atoms with Crippen LogP contribution in [0.2, 0.25) is 0 Å². The van der Waals surface area contributed by atoms with Crippen LogP contribution in [0, 0.1) is 11.3 Å². The average molecular weight is 516 g/mol. The predicted octanol–water partition coefficient (Wildman–Crippen LogP) is 4.92. The van der Waals surface area contributed by atoms with Gasteiger partial charge in [-0.25, -0.2) is 4.79 Å². The molecule has 0 amide bonds. The van der Waals surface area contributed by atoms with Crippen molar-refractivity contribution in [2.24, 2.45) is 11.3 Å². The quantitative estimate of drug-likeness (QED) is 0.509. The number of fused-ring (bicyclic) bond motifs is 2. The van der Waals surface area contributed by atoms with Crippen LogP contribution >= 0.6 is 0 Å². The van der Waals surface area contributed by atoms with Gasteiger partial charge in [0.2, 0.25) is 0 Å². The number of hydrogen-bond acceptors (Lipinski definition) is 6. The molecule has 1 saturated heterocycles. The molecule has 9 rings (SSSR count). The fraction of sp³-hybridized carbons (Fsp3) is 0.594. The molecule has 2 aromatic carbocycles. The van der Waals surface area contributed by atoms with Gasteiger partial charge in [0.05, 0.1) is 12.7 Å². The second kappa shape index (κ2) is 7.54. The van der Waals surface area contributed by atoms with E-state index in [9.17, 15) is 4.79 Å². The van der Waals surface area contributed by atoms with E-state index in [0.717, 1.165) is 56.1 Å². The lowest BCUT2D eigenvalue weighted by atomic mass is 9.34. The molecule has 6 heteroatoms. The van der Waals surface area contributed by atoms with Crippen LogP contribution in [0.25, 0.3) is 0 Å². The summed E-state index contributed by atoms with van der Waals surface area (Å²) in [6, 6.07) is 14.1. The van der Waals surface area contributed by atoms with Crippen LogP contribution in [0.1, 0.15) is 66.9 Å². The molecule has 2 heterocycles. The zero-order valence-electron chi connectivity index (χ0n) is 22.6. The Morgan fingerprint density at radius 2 is 1.89 bits per heavy atom. The van der Waals surface area contributed by atoms with Gasteiger partial charge in [-0.1, -0.05) is 24.3 Å². The number of piperidine rings is 1. The highest BCUT2D eigenvalue weighted by molar-refractivity contribution is 5.89. The smallest absolute Gasteiger partial charge is 0.338 e. The third-order valence-corrected chi connectivity index (χ3v) is 11.5. The number of rotatable bonds is 6. The molecule has 7 aliphatic rings. The molecule has 0 aromatic heterocycles. The highest BCUT2D eigenvalue weighted by Gasteiger charge is 2.84. The van der Waals surface area contributed by atoms with E-state index in [1.54, 1.807) is 14.2 Å². The van der Waals surface area contributed by atoms with Gasteiger partial charge >= 0.3 is 5.97 Å². The maximum absolute atomic E-state index is 13.6. The van der Waals surface area contributed by atoms with Crippen molar-refractivity contribution in [3.8, 4) is 11.5 Å². The first-order valence-electron chi connectivity index (χ1n) is 14.4. The first kappa shape index (κ1) is 23.3. The number of likely N-dealkylation sites (tertiary alicyclic amines) is 1. The Hall–Kier alpha value is -2.57. The number of hydrogen-bond donors (Lipinski definition) is 0. The molecule has 0 N–H and O–H groups in total. The van der Waals surface area contributed by atoms with Gasteiger partial charge in [0.25, 0.3) is 0 Å². The van der Waals surface area contributed by atoms with Crippen LogP contribution in [-0.2, 0) is 21.3 Å². The van der Waals surface area contributed by atoms with Crippen LogP contribution < -0.4 is 9.47 Å². The van der Waals surface area contributed by atoms with Crippen molar-refractivity contribution in [2.75, 3.05) is 27.3 Å². The van der Waals surface area contributed by atoms with E-state index in [2.05, 4.69) is 24.0 Å². The molecule has 0 radical (unpaired) electrons. The van der Waals surface area contributed by atoms with E-state index in [0.29, 0.717) is 11.6 Å². The first-order valence-corrected chi connectivity index (χ1v) is 14.4. The van der Waals surface area contributed by atoms with E-state index in [-0.39, 0.29) is 22.9 Å². The van der Waals surface area contributed by atoms with Gasteiger partial charge in [-0.05, 0) is 88.1 Å². The SMILES string of the molecule is COc1ccc2c3c1O[C@H]1[C@@]4(OC)CC[C@@]5(C[C@]4(C)OC(=O)c4ccccc4)[C@@H](C2)N(CC2CC2)CC[C@]315. The molecule has 4 saturated carbocycles. The zero-order chi connectivity index (χ0) is 25.9. The lowest BCUT2D eigenvalue weighted by Crippen LogP contribution is -2.85. The molecule has 200 valence electrons. The monoisotopic (exact) mass is 515 g/mol. The molecule has 2 aromatic rings. The summed E-state index contributed by atoms with van der Waals surface area (Å²) < 4.78 is 26.1. The lowest BCUT2D eigenvalue weighted by Gasteiger charge is -2.75. The molecule has 5 aliphatic carbocycles. The van der Waals surface area contributed by atoms with E-state index >= 15 is 0 Å².